The van der Waals surface area contributed by atoms with E-state index in [1.165, 1.54) is 17.7 Å². The zero-order chi connectivity index (χ0) is 25.9. The lowest BCUT2D eigenvalue weighted by Crippen LogP contribution is -2.28. The summed E-state index contributed by atoms with van der Waals surface area (Å²) < 4.78 is 15.7. The van der Waals surface area contributed by atoms with Crippen LogP contribution in [0.4, 0.5) is 4.39 Å². The Morgan fingerprint density at radius 2 is 1.61 bits per heavy atom. The molecule has 3 aromatic carbocycles. The highest BCUT2D eigenvalue weighted by Crippen LogP contribution is 2.36. The van der Waals surface area contributed by atoms with Crippen molar-refractivity contribution in [2.24, 2.45) is 5.92 Å². The van der Waals surface area contributed by atoms with Crippen LogP contribution >= 0.6 is 0 Å². The first-order valence-electron chi connectivity index (χ1n) is 12.8. The average Bonchev–Trinajstić information content (AvgIpc) is 3.20. The van der Waals surface area contributed by atoms with E-state index >= 15 is 0 Å². The summed E-state index contributed by atoms with van der Waals surface area (Å²) in [5.41, 5.74) is 5.74. The van der Waals surface area contributed by atoms with E-state index in [2.05, 4.69) is 87.1 Å². The number of amides is 1. The maximum absolute atomic E-state index is 13.5. The fourth-order valence-corrected chi connectivity index (χ4v) is 4.67. The maximum atomic E-state index is 13.5. The summed E-state index contributed by atoms with van der Waals surface area (Å²) in [4.78, 5) is 13.0. The van der Waals surface area contributed by atoms with Crippen LogP contribution in [0.1, 0.15) is 69.2 Å². The molecule has 1 N–H and O–H groups in total. The van der Waals surface area contributed by atoms with Gasteiger partial charge in [0.05, 0.1) is 0 Å². The number of nitrogens with one attached hydrogen (secondary N) is 1. The monoisotopic (exact) mass is 484 g/mol. The highest BCUT2D eigenvalue weighted by Gasteiger charge is 2.24. The van der Waals surface area contributed by atoms with E-state index in [4.69, 9.17) is 0 Å². The van der Waals surface area contributed by atoms with E-state index in [1.54, 1.807) is 0 Å². The Labute approximate surface area is 214 Å². The van der Waals surface area contributed by atoms with E-state index in [0.717, 1.165) is 27.6 Å². The normalized spacial score (nSPS) is 12.8. The summed E-state index contributed by atoms with van der Waals surface area (Å²) in [5, 5.41) is 4.25. The van der Waals surface area contributed by atoms with Gasteiger partial charge in [0, 0.05) is 42.5 Å². The van der Waals surface area contributed by atoms with Gasteiger partial charge in [0.1, 0.15) is 5.82 Å². The van der Waals surface area contributed by atoms with Crippen LogP contribution in [0.15, 0.2) is 79.0 Å². The first kappa shape index (κ1) is 25.7. The van der Waals surface area contributed by atoms with Crippen LogP contribution in [0.25, 0.3) is 10.9 Å². The van der Waals surface area contributed by atoms with Gasteiger partial charge in [-0.3, -0.25) is 4.79 Å². The third-order valence-electron chi connectivity index (χ3n) is 6.74. The van der Waals surface area contributed by atoms with Crippen LogP contribution in [0.3, 0.4) is 0 Å². The standard InChI is InChI=1S/C32H37FN2O/c1-22(2)19-34-31(36)18-28(24-12-14-25(15-13-24)32(3,4)5)29-21-35(30-9-7-6-8-27(29)30)20-23-10-16-26(33)17-11-23/h6-17,21-22,28H,18-20H2,1-5H3,(H,34,36)/t28-/m1/s1. The molecule has 0 saturated heterocycles. The van der Waals surface area contributed by atoms with Crippen molar-refractivity contribution in [3.63, 3.8) is 0 Å². The van der Waals surface area contributed by atoms with Gasteiger partial charge < -0.3 is 9.88 Å². The van der Waals surface area contributed by atoms with Crippen molar-refractivity contribution >= 4 is 16.8 Å². The van der Waals surface area contributed by atoms with Crippen LogP contribution in [0.5, 0.6) is 0 Å². The molecule has 0 bridgehead atoms. The molecule has 0 aliphatic heterocycles. The highest BCUT2D eigenvalue weighted by molar-refractivity contribution is 5.86. The van der Waals surface area contributed by atoms with Gasteiger partial charge in [-0.2, -0.15) is 0 Å². The Morgan fingerprint density at radius 1 is 0.944 bits per heavy atom. The zero-order valence-electron chi connectivity index (χ0n) is 22.0. The largest absolute Gasteiger partial charge is 0.356 e. The van der Waals surface area contributed by atoms with Gasteiger partial charge in [-0.1, -0.05) is 89.2 Å². The van der Waals surface area contributed by atoms with E-state index in [0.29, 0.717) is 25.4 Å². The number of hydrogen-bond acceptors (Lipinski definition) is 1. The quantitative estimate of drug-likeness (QED) is 0.277. The number of carbonyl (C=O) groups excluding carboxylic acids is 1. The van der Waals surface area contributed by atoms with Gasteiger partial charge >= 0.3 is 0 Å². The predicted octanol–water partition coefficient (Wildman–Crippen LogP) is 7.42. The molecule has 0 saturated carbocycles. The van der Waals surface area contributed by atoms with Crippen LogP contribution < -0.4 is 5.32 Å². The molecule has 0 spiro atoms. The van der Waals surface area contributed by atoms with Crippen molar-refractivity contribution in [2.75, 3.05) is 6.54 Å². The Hall–Kier alpha value is -3.40. The number of carbonyl (C=O) groups is 1. The minimum absolute atomic E-state index is 0.0592. The SMILES string of the molecule is CC(C)CNC(=O)C[C@H](c1ccc(C(C)(C)C)cc1)c1cn(Cc2ccc(F)cc2)c2ccccc12. The fraction of sp³-hybridized carbons (Fsp3) is 0.344. The Morgan fingerprint density at radius 3 is 2.25 bits per heavy atom. The van der Waals surface area contributed by atoms with E-state index < -0.39 is 0 Å². The number of para-hydroxylation sites is 1. The number of benzene rings is 3. The molecule has 1 amide bonds. The van der Waals surface area contributed by atoms with Gasteiger partial charge in [0.15, 0.2) is 0 Å². The van der Waals surface area contributed by atoms with Crippen LogP contribution in [0, 0.1) is 11.7 Å². The average molecular weight is 485 g/mol. The van der Waals surface area contributed by atoms with Crippen molar-refractivity contribution in [2.45, 2.75) is 58.9 Å². The van der Waals surface area contributed by atoms with E-state index in [9.17, 15) is 9.18 Å². The number of hydrogen-bond donors (Lipinski definition) is 1. The number of fused-ring (bicyclic) bond motifs is 1. The summed E-state index contributed by atoms with van der Waals surface area (Å²) >= 11 is 0. The van der Waals surface area contributed by atoms with Gasteiger partial charge in [-0.15, -0.1) is 0 Å². The number of aromatic nitrogens is 1. The summed E-state index contributed by atoms with van der Waals surface area (Å²) in [6.07, 6.45) is 2.55. The molecular weight excluding hydrogens is 447 g/mol. The minimum Gasteiger partial charge on any atom is -0.356 e. The lowest BCUT2D eigenvalue weighted by molar-refractivity contribution is -0.121. The topological polar surface area (TPSA) is 34.0 Å². The smallest absolute Gasteiger partial charge is 0.220 e. The van der Waals surface area contributed by atoms with Crippen molar-refractivity contribution in [3.05, 3.63) is 107 Å². The summed E-state index contributed by atoms with van der Waals surface area (Å²) in [6, 6.07) is 23.7. The highest BCUT2D eigenvalue weighted by atomic mass is 19.1. The molecule has 1 heterocycles. The van der Waals surface area contributed by atoms with Gasteiger partial charge in [0.25, 0.3) is 0 Å². The first-order valence-corrected chi connectivity index (χ1v) is 12.8. The van der Waals surface area contributed by atoms with Crippen molar-refractivity contribution in [1.29, 1.82) is 0 Å². The number of nitrogens with zero attached hydrogens (tertiary/aromatic N) is 1. The molecule has 0 aliphatic carbocycles. The van der Waals surface area contributed by atoms with Gasteiger partial charge in [-0.05, 0) is 51.8 Å². The fourth-order valence-electron chi connectivity index (χ4n) is 4.67. The lowest BCUT2D eigenvalue weighted by Gasteiger charge is -2.22. The van der Waals surface area contributed by atoms with Gasteiger partial charge in [0.2, 0.25) is 5.91 Å². The summed E-state index contributed by atoms with van der Waals surface area (Å²) in [6.45, 7) is 12.1. The molecule has 1 atom stereocenters. The molecule has 3 nitrogen and oxygen atoms in total. The zero-order valence-corrected chi connectivity index (χ0v) is 22.0. The molecular formula is C32H37FN2O. The second-order valence-corrected chi connectivity index (χ2v) is 11.2. The van der Waals surface area contributed by atoms with Crippen molar-refractivity contribution in [3.8, 4) is 0 Å². The van der Waals surface area contributed by atoms with E-state index in [-0.39, 0.29) is 23.1 Å². The molecule has 36 heavy (non-hydrogen) atoms. The summed E-state index contributed by atoms with van der Waals surface area (Å²) in [7, 11) is 0. The Balaban J connectivity index is 1.76. The second kappa shape index (κ2) is 10.7. The van der Waals surface area contributed by atoms with Crippen LogP contribution in [-0.4, -0.2) is 17.0 Å². The maximum Gasteiger partial charge on any atom is 0.220 e. The molecule has 0 aliphatic rings. The molecule has 4 heteroatoms. The van der Waals surface area contributed by atoms with Crippen molar-refractivity contribution < 1.29 is 9.18 Å². The molecule has 4 rings (SSSR count). The number of halogens is 1. The van der Waals surface area contributed by atoms with Gasteiger partial charge in [-0.25, -0.2) is 4.39 Å². The second-order valence-electron chi connectivity index (χ2n) is 11.2. The predicted molar refractivity (Wildman–Crippen MR) is 147 cm³/mol. The first-order chi connectivity index (χ1) is 17.1. The Bertz CT molecular complexity index is 1310. The Kier molecular flexibility index (Phi) is 7.63. The summed E-state index contributed by atoms with van der Waals surface area (Å²) in [5.74, 6) is 0.147. The molecule has 0 unspecified atom stereocenters. The molecule has 4 aromatic rings. The molecule has 0 radical (unpaired) electrons. The lowest BCUT2D eigenvalue weighted by atomic mass is 9.83. The third-order valence-corrected chi connectivity index (χ3v) is 6.74. The van der Waals surface area contributed by atoms with E-state index in [1.807, 2.05) is 24.3 Å². The molecule has 0 fully saturated rings. The van der Waals surface area contributed by atoms with Crippen LogP contribution in [0.2, 0.25) is 0 Å². The third kappa shape index (κ3) is 6.04. The van der Waals surface area contributed by atoms with Crippen LogP contribution in [-0.2, 0) is 16.8 Å². The molecule has 1 aromatic heterocycles. The number of rotatable bonds is 8. The minimum atomic E-state index is -0.233. The molecule has 188 valence electrons. The van der Waals surface area contributed by atoms with Crippen molar-refractivity contribution in [1.82, 2.24) is 9.88 Å².